The second kappa shape index (κ2) is 6.31. The summed E-state index contributed by atoms with van der Waals surface area (Å²) in [5, 5.41) is 9.28. The first-order chi connectivity index (χ1) is 9.44. The van der Waals surface area contributed by atoms with Crippen LogP contribution in [-0.2, 0) is 4.79 Å². The highest BCUT2D eigenvalue weighted by Gasteiger charge is 2.40. The summed E-state index contributed by atoms with van der Waals surface area (Å²) in [6, 6.07) is 3.89. The lowest BCUT2D eigenvalue weighted by atomic mass is 9.77. The minimum absolute atomic E-state index is 0.0683. The first kappa shape index (κ1) is 15.6. The van der Waals surface area contributed by atoms with Crippen LogP contribution in [0, 0.1) is 0 Å². The Morgan fingerprint density at radius 2 is 2.10 bits per heavy atom. The maximum absolute atomic E-state index is 11.3. The molecule has 0 bridgehead atoms. The van der Waals surface area contributed by atoms with Gasteiger partial charge in [-0.15, -0.1) is 0 Å². The summed E-state index contributed by atoms with van der Waals surface area (Å²) >= 11 is 3.32. The molecule has 1 saturated carbocycles. The number of aliphatic carboxylic acids is 1. The maximum Gasteiger partial charge on any atom is 0.305 e. The zero-order valence-corrected chi connectivity index (χ0v) is 13.6. The predicted molar refractivity (Wildman–Crippen MR) is 80.7 cm³/mol. The van der Waals surface area contributed by atoms with Gasteiger partial charge in [0.15, 0.2) is 4.67 Å². The van der Waals surface area contributed by atoms with Crippen molar-refractivity contribution in [1.29, 1.82) is 0 Å². The normalized spacial score (nSPS) is 20.0. The molecule has 0 spiro atoms. The molecule has 1 aliphatic rings. The van der Waals surface area contributed by atoms with Crippen molar-refractivity contribution in [3.63, 3.8) is 0 Å². The van der Waals surface area contributed by atoms with Crippen LogP contribution in [0.3, 0.4) is 0 Å². The molecule has 112 valence electrons. The smallest absolute Gasteiger partial charge is 0.305 e. The van der Waals surface area contributed by atoms with Crippen molar-refractivity contribution in [2.24, 2.45) is 0 Å². The molecule has 1 unspecified atom stereocenters. The van der Waals surface area contributed by atoms with E-state index in [2.05, 4.69) is 27.8 Å². The summed E-state index contributed by atoms with van der Waals surface area (Å²) in [7, 11) is 2.02. The van der Waals surface area contributed by atoms with E-state index in [1.807, 2.05) is 19.2 Å². The Morgan fingerprint density at radius 1 is 1.45 bits per heavy atom. The zero-order valence-electron chi connectivity index (χ0n) is 12.1. The molecule has 4 nitrogen and oxygen atoms in total. The van der Waals surface area contributed by atoms with Crippen molar-refractivity contribution in [3.05, 3.63) is 22.6 Å². The number of furan rings is 1. The zero-order chi connectivity index (χ0) is 14.8. The van der Waals surface area contributed by atoms with Crippen molar-refractivity contribution < 1.29 is 14.3 Å². The van der Waals surface area contributed by atoms with E-state index in [1.54, 1.807) is 0 Å². The predicted octanol–water partition coefficient (Wildman–Crippen LogP) is 4.21. The Labute approximate surface area is 128 Å². The van der Waals surface area contributed by atoms with Crippen LogP contribution >= 0.6 is 15.9 Å². The fourth-order valence-corrected chi connectivity index (χ4v) is 3.62. The highest BCUT2D eigenvalue weighted by Crippen LogP contribution is 2.40. The van der Waals surface area contributed by atoms with Gasteiger partial charge >= 0.3 is 5.97 Å². The van der Waals surface area contributed by atoms with Crippen molar-refractivity contribution in [1.82, 2.24) is 4.90 Å². The molecule has 1 aliphatic carbocycles. The minimum Gasteiger partial charge on any atom is -0.481 e. The van der Waals surface area contributed by atoms with Gasteiger partial charge in [0.25, 0.3) is 0 Å². The Bertz CT molecular complexity index is 465. The highest BCUT2D eigenvalue weighted by atomic mass is 79.9. The molecule has 1 fully saturated rings. The number of carbonyl (C=O) groups is 1. The minimum atomic E-state index is -0.716. The van der Waals surface area contributed by atoms with Crippen LogP contribution < -0.4 is 0 Å². The molecule has 2 rings (SSSR count). The van der Waals surface area contributed by atoms with E-state index in [0.29, 0.717) is 4.67 Å². The van der Waals surface area contributed by atoms with Crippen molar-refractivity contribution in [2.75, 3.05) is 7.05 Å². The van der Waals surface area contributed by atoms with Gasteiger partial charge < -0.3 is 9.52 Å². The molecular formula is C15H22BrNO3. The van der Waals surface area contributed by atoms with E-state index in [1.165, 1.54) is 6.42 Å². The van der Waals surface area contributed by atoms with E-state index in [9.17, 15) is 9.90 Å². The standard InChI is InChI=1S/C15H22BrNO3/c1-11(12-6-7-13(16)20-12)17(2)15(10-14(18)19)8-4-3-5-9-15/h6-7,11H,3-5,8-10H2,1-2H3,(H,18,19). The Kier molecular flexibility index (Phi) is 4.91. The third kappa shape index (κ3) is 3.26. The molecule has 0 aromatic carbocycles. The largest absolute Gasteiger partial charge is 0.481 e. The van der Waals surface area contributed by atoms with Crippen molar-refractivity contribution >= 4 is 21.9 Å². The number of hydrogen-bond donors (Lipinski definition) is 1. The Balaban J connectivity index is 2.21. The second-order valence-corrected chi connectivity index (χ2v) is 6.57. The van der Waals surface area contributed by atoms with Crippen LogP contribution in [0.2, 0.25) is 0 Å². The summed E-state index contributed by atoms with van der Waals surface area (Å²) in [5.74, 6) is 0.154. The van der Waals surface area contributed by atoms with Crippen molar-refractivity contribution in [3.8, 4) is 0 Å². The van der Waals surface area contributed by atoms with Gasteiger partial charge in [-0.2, -0.15) is 0 Å². The first-order valence-corrected chi connectivity index (χ1v) is 7.94. The molecule has 1 heterocycles. The molecule has 0 amide bonds. The lowest BCUT2D eigenvalue weighted by Gasteiger charge is -2.46. The molecule has 20 heavy (non-hydrogen) atoms. The molecule has 0 saturated heterocycles. The van der Waals surface area contributed by atoms with Crippen LogP contribution in [-0.4, -0.2) is 28.6 Å². The average Bonchev–Trinajstić information content (AvgIpc) is 2.84. The van der Waals surface area contributed by atoms with Crippen LogP contribution in [0.5, 0.6) is 0 Å². The monoisotopic (exact) mass is 343 g/mol. The fourth-order valence-electron chi connectivity index (χ4n) is 3.30. The number of rotatable bonds is 5. The average molecular weight is 344 g/mol. The van der Waals surface area contributed by atoms with Gasteiger partial charge in [-0.25, -0.2) is 0 Å². The topological polar surface area (TPSA) is 53.7 Å². The third-order valence-electron chi connectivity index (χ3n) is 4.60. The van der Waals surface area contributed by atoms with Crippen LogP contribution in [0.15, 0.2) is 21.2 Å². The Hall–Kier alpha value is -0.810. The molecule has 1 aromatic heterocycles. The highest BCUT2D eigenvalue weighted by molar-refractivity contribution is 9.10. The van der Waals surface area contributed by atoms with Gasteiger partial charge in [-0.1, -0.05) is 19.3 Å². The molecular weight excluding hydrogens is 322 g/mol. The summed E-state index contributed by atoms with van der Waals surface area (Å²) in [6.45, 7) is 2.07. The van der Waals surface area contributed by atoms with Crippen LogP contribution in [0.1, 0.15) is 57.3 Å². The van der Waals surface area contributed by atoms with E-state index in [0.717, 1.165) is 31.4 Å². The van der Waals surface area contributed by atoms with Gasteiger partial charge in [0.05, 0.1) is 12.5 Å². The number of carboxylic acid groups (broad SMARTS) is 1. The second-order valence-electron chi connectivity index (χ2n) is 5.78. The van der Waals surface area contributed by atoms with E-state index >= 15 is 0 Å². The van der Waals surface area contributed by atoms with Crippen LogP contribution in [0.4, 0.5) is 0 Å². The lowest BCUT2D eigenvalue weighted by Crippen LogP contribution is -2.50. The van der Waals surface area contributed by atoms with Crippen LogP contribution in [0.25, 0.3) is 0 Å². The van der Waals surface area contributed by atoms with E-state index in [-0.39, 0.29) is 18.0 Å². The number of halogens is 1. The number of hydrogen-bond acceptors (Lipinski definition) is 3. The molecule has 0 radical (unpaired) electrons. The summed E-state index contributed by atoms with van der Waals surface area (Å²) in [6.07, 6.45) is 5.51. The number of nitrogens with zero attached hydrogens (tertiary/aromatic N) is 1. The van der Waals surface area contributed by atoms with E-state index < -0.39 is 5.97 Å². The van der Waals surface area contributed by atoms with Crippen molar-refractivity contribution in [2.45, 2.75) is 57.0 Å². The van der Waals surface area contributed by atoms with Gasteiger partial charge in [-0.05, 0) is 54.9 Å². The summed E-state index contributed by atoms with van der Waals surface area (Å²) in [4.78, 5) is 13.5. The van der Waals surface area contributed by atoms with E-state index in [4.69, 9.17) is 4.42 Å². The first-order valence-electron chi connectivity index (χ1n) is 7.14. The maximum atomic E-state index is 11.3. The molecule has 1 atom stereocenters. The van der Waals surface area contributed by atoms with Gasteiger partial charge in [0.1, 0.15) is 5.76 Å². The van der Waals surface area contributed by atoms with Gasteiger partial charge in [0, 0.05) is 5.54 Å². The van der Waals surface area contributed by atoms with Gasteiger partial charge in [-0.3, -0.25) is 9.69 Å². The fraction of sp³-hybridized carbons (Fsp3) is 0.667. The Morgan fingerprint density at radius 3 is 2.60 bits per heavy atom. The SMILES string of the molecule is CC(c1ccc(Br)o1)N(C)C1(CC(=O)O)CCCCC1. The lowest BCUT2D eigenvalue weighted by molar-refractivity contribution is -0.141. The molecule has 1 aromatic rings. The number of carboxylic acids is 1. The quantitative estimate of drug-likeness (QED) is 0.869. The summed E-state index contributed by atoms with van der Waals surface area (Å²) in [5.41, 5.74) is -0.247. The molecule has 5 heteroatoms. The van der Waals surface area contributed by atoms with Gasteiger partial charge in [0.2, 0.25) is 0 Å². The molecule has 0 aliphatic heterocycles. The third-order valence-corrected chi connectivity index (χ3v) is 5.03. The summed E-state index contributed by atoms with van der Waals surface area (Å²) < 4.78 is 6.35. The molecule has 1 N–H and O–H groups in total.